The van der Waals surface area contributed by atoms with Crippen LogP contribution in [-0.2, 0) is 6.54 Å². The van der Waals surface area contributed by atoms with Crippen LogP contribution in [0.5, 0.6) is 17.2 Å². The maximum absolute atomic E-state index is 13.6. The number of hydrogen-bond acceptors (Lipinski definition) is 5. The highest BCUT2D eigenvalue weighted by Gasteiger charge is 2.20. The maximum atomic E-state index is 13.6. The van der Waals surface area contributed by atoms with Gasteiger partial charge in [-0.1, -0.05) is 0 Å². The Balaban J connectivity index is 3.40. The van der Waals surface area contributed by atoms with E-state index in [2.05, 4.69) is 0 Å². The summed E-state index contributed by atoms with van der Waals surface area (Å²) in [4.78, 5) is 0. The fourth-order valence-corrected chi connectivity index (χ4v) is 1.48. The molecule has 0 bridgehead atoms. The zero-order valence-electron chi connectivity index (χ0n) is 9.33. The Labute approximate surface area is 92.7 Å². The number of hydrogen-bond donors (Lipinski definition) is 2. The summed E-state index contributed by atoms with van der Waals surface area (Å²) in [5.74, 6) is -0.00190. The highest BCUT2D eigenvalue weighted by Crippen LogP contribution is 2.39. The molecule has 0 heterocycles. The Morgan fingerprint density at radius 2 is 1.81 bits per heavy atom. The summed E-state index contributed by atoms with van der Waals surface area (Å²) < 4.78 is 28.5. The lowest BCUT2D eigenvalue weighted by Crippen LogP contribution is -2.11. The van der Waals surface area contributed by atoms with Gasteiger partial charge in [-0.15, -0.1) is 0 Å². The second kappa shape index (κ2) is 5.53. The van der Waals surface area contributed by atoms with E-state index in [1.54, 1.807) is 0 Å². The molecule has 0 radical (unpaired) electrons. The zero-order valence-corrected chi connectivity index (χ0v) is 9.33. The van der Waals surface area contributed by atoms with Gasteiger partial charge in [-0.2, -0.15) is 0 Å². The van der Waals surface area contributed by atoms with Gasteiger partial charge in [-0.3, -0.25) is 0 Å². The van der Waals surface area contributed by atoms with Crippen molar-refractivity contribution in [3.05, 3.63) is 17.4 Å². The highest BCUT2D eigenvalue weighted by atomic mass is 19.1. The fourth-order valence-electron chi connectivity index (χ4n) is 1.48. The summed E-state index contributed by atoms with van der Waals surface area (Å²) in [6.07, 6.45) is 0. The lowest BCUT2D eigenvalue weighted by molar-refractivity contribution is 0.158. The molecule has 0 saturated heterocycles. The zero-order chi connectivity index (χ0) is 12.1. The fraction of sp³-hybridized carbons (Fsp3) is 0.400. The van der Waals surface area contributed by atoms with Crippen LogP contribution < -0.4 is 19.7 Å². The maximum Gasteiger partial charge on any atom is 0.169 e. The van der Waals surface area contributed by atoms with E-state index in [-0.39, 0.29) is 18.0 Å². The number of benzene rings is 1. The predicted molar refractivity (Wildman–Crippen MR) is 54.7 cm³/mol. The standard InChI is InChI=1S/C10H14FNO4/c1-14-8-4-7(11)9(15-2)6(5-12-13)10(8)16-3/h4,12-13H,5H2,1-3H3. The van der Waals surface area contributed by atoms with E-state index in [0.717, 1.165) is 0 Å². The molecule has 0 aliphatic carbocycles. The van der Waals surface area contributed by atoms with Crippen molar-refractivity contribution in [2.75, 3.05) is 21.3 Å². The molecule has 0 fully saturated rings. The smallest absolute Gasteiger partial charge is 0.169 e. The second-order valence-electron chi connectivity index (χ2n) is 2.94. The van der Waals surface area contributed by atoms with Gasteiger partial charge in [0, 0.05) is 6.07 Å². The van der Waals surface area contributed by atoms with E-state index < -0.39 is 5.82 Å². The molecule has 1 aromatic rings. The van der Waals surface area contributed by atoms with Gasteiger partial charge in [-0.05, 0) is 0 Å². The SMILES string of the molecule is COc1cc(F)c(OC)c(CNO)c1OC. The molecule has 0 unspecified atom stereocenters. The first-order valence-corrected chi connectivity index (χ1v) is 4.53. The molecule has 1 aromatic carbocycles. The summed E-state index contributed by atoms with van der Waals surface area (Å²) in [7, 11) is 4.17. The largest absolute Gasteiger partial charge is 0.493 e. The molecule has 0 saturated carbocycles. The Kier molecular flexibility index (Phi) is 4.33. The van der Waals surface area contributed by atoms with Gasteiger partial charge in [0.2, 0.25) is 0 Å². The van der Waals surface area contributed by atoms with Crippen LogP contribution in [0.3, 0.4) is 0 Å². The predicted octanol–water partition coefficient (Wildman–Crippen LogP) is 1.33. The molecule has 0 aliphatic heterocycles. The minimum absolute atomic E-state index is 0.0131. The Bertz CT molecular complexity index is 370. The molecule has 2 N–H and O–H groups in total. The number of nitrogens with one attached hydrogen (secondary N) is 1. The van der Waals surface area contributed by atoms with Crippen molar-refractivity contribution in [1.82, 2.24) is 5.48 Å². The van der Waals surface area contributed by atoms with E-state index in [1.807, 2.05) is 5.48 Å². The van der Waals surface area contributed by atoms with Gasteiger partial charge in [0.05, 0.1) is 33.4 Å². The number of hydroxylamine groups is 1. The first-order valence-electron chi connectivity index (χ1n) is 4.53. The van der Waals surface area contributed by atoms with E-state index in [4.69, 9.17) is 19.4 Å². The average molecular weight is 231 g/mol. The summed E-state index contributed by atoms with van der Waals surface area (Å²) >= 11 is 0. The summed E-state index contributed by atoms with van der Waals surface area (Å²) in [5, 5.41) is 8.69. The molecule has 0 aromatic heterocycles. The quantitative estimate of drug-likeness (QED) is 0.749. The van der Waals surface area contributed by atoms with Crippen LogP contribution in [0.2, 0.25) is 0 Å². The monoisotopic (exact) mass is 231 g/mol. The van der Waals surface area contributed by atoms with Crippen LogP contribution in [0.15, 0.2) is 6.07 Å². The van der Waals surface area contributed by atoms with E-state index >= 15 is 0 Å². The van der Waals surface area contributed by atoms with Gasteiger partial charge in [0.25, 0.3) is 0 Å². The van der Waals surface area contributed by atoms with Crippen LogP contribution >= 0.6 is 0 Å². The molecular formula is C10H14FNO4. The van der Waals surface area contributed by atoms with E-state index in [1.165, 1.54) is 27.4 Å². The first-order chi connectivity index (χ1) is 7.69. The van der Waals surface area contributed by atoms with E-state index in [9.17, 15) is 4.39 Å². The van der Waals surface area contributed by atoms with Gasteiger partial charge in [-0.25, -0.2) is 9.87 Å². The van der Waals surface area contributed by atoms with Gasteiger partial charge in [0.15, 0.2) is 23.1 Å². The van der Waals surface area contributed by atoms with Crippen molar-refractivity contribution >= 4 is 0 Å². The molecule has 0 amide bonds. The topological polar surface area (TPSA) is 60.0 Å². The Hall–Kier alpha value is -1.53. The van der Waals surface area contributed by atoms with Crippen LogP contribution in [0.25, 0.3) is 0 Å². The highest BCUT2D eigenvalue weighted by molar-refractivity contribution is 5.54. The molecule has 6 heteroatoms. The van der Waals surface area contributed by atoms with Crippen molar-refractivity contribution < 1.29 is 23.8 Å². The van der Waals surface area contributed by atoms with E-state index in [0.29, 0.717) is 11.3 Å². The van der Waals surface area contributed by atoms with Crippen molar-refractivity contribution in [3.63, 3.8) is 0 Å². The molecule has 0 atom stereocenters. The molecular weight excluding hydrogens is 217 g/mol. The summed E-state index contributed by atoms with van der Waals surface area (Å²) in [6, 6.07) is 1.17. The number of rotatable bonds is 5. The third-order valence-electron chi connectivity index (χ3n) is 2.13. The average Bonchev–Trinajstić information content (AvgIpc) is 2.29. The van der Waals surface area contributed by atoms with Crippen molar-refractivity contribution in [1.29, 1.82) is 0 Å². The van der Waals surface area contributed by atoms with Crippen LogP contribution in [0.1, 0.15) is 5.56 Å². The minimum Gasteiger partial charge on any atom is -0.493 e. The van der Waals surface area contributed by atoms with Crippen molar-refractivity contribution in [2.24, 2.45) is 0 Å². The normalized spacial score (nSPS) is 10.1. The Morgan fingerprint density at radius 1 is 1.19 bits per heavy atom. The third-order valence-corrected chi connectivity index (χ3v) is 2.13. The Morgan fingerprint density at radius 3 is 2.25 bits per heavy atom. The van der Waals surface area contributed by atoms with Gasteiger partial charge < -0.3 is 19.4 Å². The van der Waals surface area contributed by atoms with Crippen LogP contribution in [-0.4, -0.2) is 26.5 Å². The molecule has 5 nitrogen and oxygen atoms in total. The molecule has 16 heavy (non-hydrogen) atoms. The number of methoxy groups -OCH3 is 3. The van der Waals surface area contributed by atoms with Crippen LogP contribution in [0, 0.1) is 5.82 Å². The second-order valence-corrected chi connectivity index (χ2v) is 2.94. The first kappa shape index (κ1) is 12.5. The lowest BCUT2D eigenvalue weighted by atomic mass is 10.1. The number of ether oxygens (including phenoxy) is 3. The van der Waals surface area contributed by atoms with Crippen molar-refractivity contribution in [2.45, 2.75) is 6.54 Å². The minimum atomic E-state index is -0.578. The molecule has 90 valence electrons. The van der Waals surface area contributed by atoms with Gasteiger partial charge in [0.1, 0.15) is 0 Å². The molecule has 1 rings (SSSR count). The molecule has 0 aliphatic rings. The molecule has 0 spiro atoms. The number of halogens is 1. The lowest BCUT2D eigenvalue weighted by Gasteiger charge is -2.16. The summed E-state index contributed by atoms with van der Waals surface area (Å²) in [6.45, 7) is -0.0134. The summed E-state index contributed by atoms with van der Waals surface area (Å²) in [5.41, 5.74) is 2.28. The third kappa shape index (κ3) is 2.17. The van der Waals surface area contributed by atoms with Crippen molar-refractivity contribution in [3.8, 4) is 17.2 Å². The van der Waals surface area contributed by atoms with Gasteiger partial charge >= 0.3 is 0 Å². The van der Waals surface area contributed by atoms with Crippen LogP contribution in [0.4, 0.5) is 4.39 Å².